The first-order valence-corrected chi connectivity index (χ1v) is 16.7. The van der Waals surface area contributed by atoms with E-state index in [0.717, 1.165) is 39.1 Å². The third-order valence-electron chi connectivity index (χ3n) is 7.22. The van der Waals surface area contributed by atoms with Crippen molar-refractivity contribution in [3.05, 3.63) is 118 Å². The molecule has 0 aliphatic heterocycles. The zero-order valence-corrected chi connectivity index (χ0v) is 29.5. The summed E-state index contributed by atoms with van der Waals surface area (Å²) >= 11 is 0. The number of carbonyl (C=O) groups excluding carboxylic acids is 1. The number of hydrogen-bond donors (Lipinski definition) is 1. The number of aliphatic carboxylic acids is 1. The highest BCUT2D eigenvalue weighted by molar-refractivity contribution is 5.75. The van der Waals surface area contributed by atoms with Crippen LogP contribution in [0.5, 0.6) is 11.5 Å². The molecule has 0 radical (unpaired) electrons. The highest BCUT2D eigenvalue weighted by atomic mass is 16.6. The Morgan fingerprint density at radius 1 is 0.640 bits per heavy atom. The summed E-state index contributed by atoms with van der Waals surface area (Å²) in [5, 5.41) is 9.27. The molecule has 0 saturated carbocycles. The largest absolute Gasteiger partial charge is 0.490 e. The third-order valence-corrected chi connectivity index (χ3v) is 7.22. The molecule has 1 N–H and O–H groups in total. The molecule has 0 fully saturated rings. The Balaban J connectivity index is 1.43. The Labute approximate surface area is 296 Å². The zero-order chi connectivity index (χ0) is 36.1. The standard InChI is InChI=1S/C42H46O8/c1-6-46-39(41(43)44)29-35-17-21-37(22-18-35)49-27-25-31(4)9-11-33-13-15-34(16-14-33)12-10-32(5)26-28-50-38-23-19-36(20-24-38)30-40(47-7-2)42(45)48-8-3/h13-26,39-40H,6-8,27-30H2,1-5H3,(H,43,44). The van der Waals surface area contributed by atoms with Gasteiger partial charge in [-0.1, -0.05) is 47.9 Å². The maximum absolute atomic E-state index is 12.1. The highest BCUT2D eigenvalue weighted by Crippen LogP contribution is 2.16. The minimum absolute atomic E-state index is 0.300. The molecule has 8 heteroatoms. The number of carboxylic acids is 1. The van der Waals surface area contributed by atoms with Gasteiger partial charge < -0.3 is 28.8 Å². The van der Waals surface area contributed by atoms with Crippen LogP contribution in [0.1, 0.15) is 56.9 Å². The molecule has 2 unspecified atom stereocenters. The lowest BCUT2D eigenvalue weighted by molar-refractivity contribution is -0.156. The fraction of sp³-hybridized carbons (Fsp3) is 0.333. The molecule has 0 aliphatic rings. The number of hydrogen-bond acceptors (Lipinski definition) is 7. The maximum Gasteiger partial charge on any atom is 0.335 e. The molecule has 0 saturated heterocycles. The first-order chi connectivity index (χ1) is 24.2. The van der Waals surface area contributed by atoms with Crippen molar-refractivity contribution < 1.29 is 38.4 Å². The van der Waals surface area contributed by atoms with Crippen molar-refractivity contribution in [3.63, 3.8) is 0 Å². The van der Waals surface area contributed by atoms with Crippen LogP contribution < -0.4 is 9.47 Å². The van der Waals surface area contributed by atoms with Crippen LogP contribution in [0.25, 0.3) is 0 Å². The molecule has 0 bridgehead atoms. The summed E-state index contributed by atoms with van der Waals surface area (Å²) in [6, 6.07) is 22.7. The van der Waals surface area contributed by atoms with Crippen molar-refractivity contribution in [2.24, 2.45) is 0 Å². The van der Waals surface area contributed by atoms with Gasteiger partial charge in [0.15, 0.2) is 12.2 Å². The van der Waals surface area contributed by atoms with Crippen molar-refractivity contribution in [1.82, 2.24) is 0 Å². The monoisotopic (exact) mass is 678 g/mol. The van der Waals surface area contributed by atoms with E-state index in [1.165, 1.54) is 0 Å². The Bertz CT molecular complexity index is 1700. The van der Waals surface area contributed by atoms with Crippen LogP contribution in [-0.4, -0.2) is 62.3 Å². The number of rotatable bonds is 17. The lowest BCUT2D eigenvalue weighted by atomic mass is 10.1. The summed E-state index contributed by atoms with van der Waals surface area (Å²) in [6.07, 6.45) is 3.11. The summed E-state index contributed by atoms with van der Waals surface area (Å²) in [7, 11) is 0. The van der Waals surface area contributed by atoms with Crippen molar-refractivity contribution in [2.75, 3.05) is 33.0 Å². The quantitative estimate of drug-likeness (QED) is 0.121. The van der Waals surface area contributed by atoms with Crippen LogP contribution >= 0.6 is 0 Å². The van der Waals surface area contributed by atoms with Crippen molar-refractivity contribution in [1.29, 1.82) is 0 Å². The van der Waals surface area contributed by atoms with E-state index in [2.05, 4.69) is 23.7 Å². The van der Waals surface area contributed by atoms with Gasteiger partial charge in [0.2, 0.25) is 0 Å². The highest BCUT2D eigenvalue weighted by Gasteiger charge is 2.20. The van der Waals surface area contributed by atoms with E-state index in [1.54, 1.807) is 13.8 Å². The molecule has 3 rings (SSSR count). The van der Waals surface area contributed by atoms with Crippen LogP contribution in [0.15, 0.2) is 96.1 Å². The molecular weight excluding hydrogens is 632 g/mol. The molecule has 3 aromatic rings. The van der Waals surface area contributed by atoms with E-state index in [0.29, 0.717) is 51.6 Å². The molecule has 0 heterocycles. The first kappa shape index (κ1) is 39.2. The van der Waals surface area contributed by atoms with Crippen LogP contribution in [-0.2, 0) is 36.6 Å². The smallest absolute Gasteiger partial charge is 0.335 e. The van der Waals surface area contributed by atoms with Gasteiger partial charge in [-0.15, -0.1) is 0 Å². The van der Waals surface area contributed by atoms with Crippen molar-refractivity contribution in [3.8, 4) is 35.2 Å². The van der Waals surface area contributed by atoms with E-state index in [-0.39, 0.29) is 5.97 Å². The summed E-state index contributed by atoms with van der Waals surface area (Å²) in [6.45, 7) is 11.1. The molecule has 0 amide bonds. The summed E-state index contributed by atoms with van der Waals surface area (Å²) in [4.78, 5) is 23.4. The summed E-state index contributed by atoms with van der Waals surface area (Å²) in [5.74, 6) is 12.7. The van der Waals surface area contributed by atoms with Gasteiger partial charge >= 0.3 is 11.9 Å². The van der Waals surface area contributed by atoms with Gasteiger partial charge in [0, 0.05) is 37.2 Å². The molecule has 50 heavy (non-hydrogen) atoms. The first-order valence-electron chi connectivity index (χ1n) is 16.7. The normalized spacial score (nSPS) is 12.4. The second-order valence-corrected chi connectivity index (χ2v) is 11.1. The Morgan fingerprint density at radius 2 is 1.06 bits per heavy atom. The van der Waals surface area contributed by atoms with Crippen LogP contribution in [0.2, 0.25) is 0 Å². The Kier molecular flexibility index (Phi) is 16.9. The van der Waals surface area contributed by atoms with E-state index in [4.69, 9.17) is 23.7 Å². The molecule has 0 aliphatic carbocycles. The second-order valence-electron chi connectivity index (χ2n) is 11.1. The van der Waals surface area contributed by atoms with Crippen LogP contribution in [0.4, 0.5) is 0 Å². The van der Waals surface area contributed by atoms with Crippen molar-refractivity contribution in [2.45, 2.75) is 59.7 Å². The third kappa shape index (κ3) is 14.5. The molecule has 3 aromatic carbocycles. The van der Waals surface area contributed by atoms with E-state index in [9.17, 15) is 14.7 Å². The number of allylic oxidation sites excluding steroid dienone is 2. The van der Waals surface area contributed by atoms with Gasteiger partial charge in [-0.25, -0.2) is 9.59 Å². The number of carbonyl (C=O) groups is 2. The summed E-state index contributed by atoms with van der Waals surface area (Å²) in [5.41, 5.74) is 5.37. The number of ether oxygens (including phenoxy) is 5. The second kappa shape index (κ2) is 21.6. The predicted octanol–water partition coefficient (Wildman–Crippen LogP) is 6.98. The van der Waals surface area contributed by atoms with Crippen LogP contribution in [0.3, 0.4) is 0 Å². The Hall–Kier alpha value is -5.28. The lowest BCUT2D eigenvalue weighted by Gasteiger charge is -2.15. The topological polar surface area (TPSA) is 101 Å². The SMILES string of the molecule is CCOC(=O)C(Cc1ccc(OCC=C(C)C#Cc2ccc(C#CC(C)=CCOc3ccc(CC(OCC)C(=O)O)cc3)cc2)cc1)OCC. The van der Waals surface area contributed by atoms with E-state index >= 15 is 0 Å². The number of benzene rings is 3. The zero-order valence-electron chi connectivity index (χ0n) is 29.5. The van der Waals surface area contributed by atoms with Gasteiger partial charge in [-0.2, -0.15) is 0 Å². The molecule has 0 spiro atoms. The lowest BCUT2D eigenvalue weighted by Crippen LogP contribution is -2.28. The van der Waals surface area contributed by atoms with Crippen molar-refractivity contribution >= 4 is 11.9 Å². The van der Waals surface area contributed by atoms with Gasteiger partial charge in [0.25, 0.3) is 0 Å². The fourth-order valence-corrected chi connectivity index (χ4v) is 4.54. The van der Waals surface area contributed by atoms with Gasteiger partial charge in [-0.3, -0.25) is 0 Å². The fourth-order valence-electron chi connectivity index (χ4n) is 4.54. The molecular formula is C42H46O8. The number of carboxylic acid groups (broad SMARTS) is 1. The van der Waals surface area contributed by atoms with Gasteiger partial charge in [0.05, 0.1) is 6.61 Å². The molecule has 262 valence electrons. The Morgan fingerprint density at radius 3 is 1.46 bits per heavy atom. The molecule has 2 atom stereocenters. The average Bonchev–Trinajstić information content (AvgIpc) is 3.11. The summed E-state index contributed by atoms with van der Waals surface area (Å²) < 4.78 is 27.6. The molecule has 8 nitrogen and oxygen atoms in total. The van der Waals surface area contributed by atoms with E-state index < -0.39 is 18.2 Å². The number of esters is 1. The minimum atomic E-state index is -0.969. The maximum atomic E-state index is 12.1. The minimum Gasteiger partial charge on any atom is -0.490 e. The average molecular weight is 679 g/mol. The molecule has 0 aromatic heterocycles. The van der Waals surface area contributed by atoms with Gasteiger partial charge in [-0.05, 0) is 118 Å². The van der Waals surface area contributed by atoms with E-state index in [1.807, 2.05) is 106 Å². The van der Waals surface area contributed by atoms with Crippen LogP contribution in [0, 0.1) is 23.7 Å². The predicted molar refractivity (Wildman–Crippen MR) is 194 cm³/mol. The van der Waals surface area contributed by atoms with Gasteiger partial charge in [0.1, 0.15) is 24.7 Å².